The Hall–Kier alpha value is -0.660. The van der Waals surface area contributed by atoms with E-state index >= 15 is 0 Å². The van der Waals surface area contributed by atoms with Gasteiger partial charge in [-0.2, -0.15) is 0 Å². The van der Waals surface area contributed by atoms with E-state index in [0.29, 0.717) is 38.8 Å². The van der Waals surface area contributed by atoms with Crippen LogP contribution in [0, 0.1) is 0 Å². The minimum absolute atomic E-state index is 0.0654. The van der Waals surface area contributed by atoms with Crippen LogP contribution in [0.2, 0.25) is 0 Å². The Morgan fingerprint density at radius 1 is 1.24 bits per heavy atom. The Morgan fingerprint density at radius 2 is 1.94 bits per heavy atom. The molecule has 102 valence electrons. The lowest BCUT2D eigenvalue weighted by atomic mass is 10.2. The van der Waals surface area contributed by atoms with Crippen molar-refractivity contribution in [3.05, 3.63) is 0 Å². The highest BCUT2D eigenvalue weighted by atomic mass is 32.2. The van der Waals surface area contributed by atoms with Crippen molar-refractivity contribution in [2.45, 2.75) is 32.1 Å². The van der Waals surface area contributed by atoms with E-state index in [-0.39, 0.29) is 12.2 Å². The minimum Gasteiger partial charge on any atom is -0.481 e. The van der Waals surface area contributed by atoms with Gasteiger partial charge in [0, 0.05) is 26.7 Å². The van der Waals surface area contributed by atoms with Gasteiger partial charge in [0.2, 0.25) is 10.0 Å². The summed E-state index contributed by atoms with van der Waals surface area (Å²) in [6, 6.07) is 0. The van der Waals surface area contributed by atoms with Crippen LogP contribution in [-0.2, 0) is 19.6 Å². The lowest BCUT2D eigenvalue weighted by Gasteiger charge is -2.05. The Balaban J connectivity index is 3.49. The summed E-state index contributed by atoms with van der Waals surface area (Å²) < 4.78 is 30.0. The fourth-order valence-electron chi connectivity index (χ4n) is 1.27. The van der Waals surface area contributed by atoms with Crippen LogP contribution in [0.15, 0.2) is 0 Å². The number of nitrogens with one attached hydrogen (secondary N) is 1. The normalized spacial score (nSPS) is 11.6. The van der Waals surface area contributed by atoms with Gasteiger partial charge in [-0.05, 0) is 19.3 Å². The van der Waals surface area contributed by atoms with Crippen LogP contribution >= 0.6 is 0 Å². The number of hydrogen-bond acceptors (Lipinski definition) is 4. The zero-order valence-electron chi connectivity index (χ0n) is 10.1. The van der Waals surface area contributed by atoms with Crippen molar-refractivity contribution < 1.29 is 23.1 Å². The Bertz CT molecular complexity index is 302. The van der Waals surface area contributed by atoms with E-state index in [1.54, 1.807) is 0 Å². The fourth-order valence-corrected chi connectivity index (χ4v) is 2.37. The van der Waals surface area contributed by atoms with Crippen LogP contribution in [0.1, 0.15) is 32.1 Å². The van der Waals surface area contributed by atoms with Crippen LogP contribution < -0.4 is 4.72 Å². The van der Waals surface area contributed by atoms with Crippen molar-refractivity contribution in [3.63, 3.8) is 0 Å². The van der Waals surface area contributed by atoms with Gasteiger partial charge in [-0.25, -0.2) is 13.1 Å². The maximum absolute atomic E-state index is 11.4. The maximum Gasteiger partial charge on any atom is 0.303 e. The molecule has 0 saturated carbocycles. The summed E-state index contributed by atoms with van der Waals surface area (Å²) in [5.41, 5.74) is 0. The van der Waals surface area contributed by atoms with Gasteiger partial charge in [0.1, 0.15) is 0 Å². The Labute approximate surface area is 102 Å². The Kier molecular flexibility index (Phi) is 9.01. The van der Waals surface area contributed by atoms with Gasteiger partial charge < -0.3 is 9.84 Å². The molecule has 0 aliphatic rings. The number of unbranched alkanes of at least 4 members (excludes halogenated alkanes) is 2. The first-order valence-electron chi connectivity index (χ1n) is 5.66. The van der Waals surface area contributed by atoms with E-state index < -0.39 is 16.0 Å². The number of carboxylic acids is 1. The molecule has 0 heterocycles. The molecule has 0 aliphatic heterocycles. The van der Waals surface area contributed by atoms with Crippen molar-refractivity contribution in [3.8, 4) is 0 Å². The van der Waals surface area contributed by atoms with Gasteiger partial charge in [-0.3, -0.25) is 4.79 Å². The molecule has 6 nitrogen and oxygen atoms in total. The molecule has 0 amide bonds. The monoisotopic (exact) mass is 267 g/mol. The van der Waals surface area contributed by atoms with Crippen molar-refractivity contribution in [2.24, 2.45) is 0 Å². The van der Waals surface area contributed by atoms with E-state index in [9.17, 15) is 13.2 Å². The number of carbonyl (C=O) groups is 1. The second-order valence-corrected chi connectivity index (χ2v) is 5.69. The summed E-state index contributed by atoms with van der Waals surface area (Å²) in [6.07, 6.45) is 2.58. The van der Waals surface area contributed by atoms with Crippen molar-refractivity contribution in [1.29, 1.82) is 0 Å². The molecular weight excluding hydrogens is 246 g/mol. The van der Waals surface area contributed by atoms with Gasteiger partial charge in [-0.15, -0.1) is 0 Å². The summed E-state index contributed by atoms with van der Waals surface area (Å²) in [7, 11) is -1.67. The standard InChI is InChI=1S/C10H21NO5S/c1-16-8-5-9-17(14,15)11-7-4-2-3-6-10(12)13/h11H,2-9H2,1H3,(H,12,13). The number of carboxylic acid groups (broad SMARTS) is 1. The van der Waals surface area contributed by atoms with Gasteiger partial charge >= 0.3 is 5.97 Å². The topological polar surface area (TPSA) is 92.7 Å². The number of ether oxygens (including phenoxy) is 1. The molecule has 0 unspecified atom stereocenters. The molecule has 0 aromatic rings. The molecule has 0 spiro atoms. The minimum atomic E-state index is -3.20. The summed E-state index contributed by atoms with van der Waals surface area (Å²) >= 11 is 0. The average molecular weight is 267 g/mol. The second kappa shape index (κ2) is 9.38. The first-order valence-corrected chi connectivity index (χ1v) is 7.31. The SMILES string of the molecule is COCCCS(=O)(=O)NCCCCCC(=O)O. The van der Waals surface area contributed by atoms with Gasteiger partial charge in [0.05, 0.1) is 5.75 Å². The second-order valence-electron chi connectivity index (χ2n) is 3.76. The molecule has 0 aromatic carbocycles. The summed E-state index contributed by atoms with van der Waals surface area (Å²) in [5, 5.41) is 8.40. The van der Waals surface area contributed by atoms with Gasteiger partial charge in [0.25, 0.3) is 0 Å². The average Bonchev–Trinajstić information content (AvgIpc) is 2.23. The molecular formula is C10H21NO5S. The third-order valence-electron chi connectivity index (χ3n) is 2.15. The highest BCUT2D eigenvalue weighted by molar-refractivity contribution is 7.89. The predicted molar refractivity (Wildman–Crippen MR) is 64.4 cm³/mol. The van der Waals surface area contributed by atoms with E-state index in [0.717, 1.165) is 0 Å². The van der Waals surface area contributed by atoms with E-state index in [1.807, 2.05) is 0 Å². The van der Waals surface area contributed by atoms with Crippen LogP contribution in [0.3, 0.4) is 0 Å². The lowest BCUT2D eigenvalue weighted by Crippen LogP contribution is -2.27. The third-order valence-corrected chi connectivity index (χ3v) is 3.62. The number of sulfonamides is 1. The smallest absolute Gasteiger partial charge is 0.303 e. The molecule has 0 aliphatic carbocycles. The maximum atomic E-state index is 11.4. The number of rotatable bonds is 11. The van der Waals surface area contributed by atoms with Gasteiger partial charge in [0.15, 0.2) is 0 Å². The summed E-state index contributed by atoms with van der Waals surface area (Å²) in [6.45, 7) is 0.800. The fraction of sp³-hybridized carbons (Fsp3) is 0.900. The van der Waals surface area contributed by atoms with Crippen molar-refractivity contribution in [2.75, 3.05) is 26.0 Å². The van der Waals surface area contributed by atoms with E-state index in [4.69, 9.17) is 9.84 Å². The zero-order chi connectivity index (χ0) is 13.1. The first-order chi connectivity index (χ1) is 7.98. The van der Waals surface area contributed by atoms with Crippen LogP contribution in [0.25, 0.3) is 0 Å². The first kappa shape index (κ1) is 16.3. The van der Waals surface area contributed by atoms with Crippen LogP contribution in [-0.4, -0.2) is 45.5 Å². The van der Waals surface area contributed by atoms with Gasteiger partial charge in [-0.1, -0.05) is 6.42 Å². The number of hydrogen-bond donors (Lipinski definition) is 2. The summed E-state index contributed by atoms with van der Waals surface area (Å²) in [4.78, 5) is 10.2. The molecule has 0 atom stereocenters. The molecule has 0 fully saturated rings. The molecule has 2 N–H and O–H groups in total. The predicted octanol–water partition coefficient (Wildman–Crippen LogP) is 0.587. The molecule has 0 bridgehead atoms. The zero-order valence-corrected chi connectivity index (χ0v) is 11.0. The van der Waals surface area contributed by atoms with Crippen LogP contribution in [0.4, 0.5) is 0 Å². The molecule has 0 aromatic heterocycles. The highest BCUT2D eigenvalue weighted by Crippen LogP contribution is 1.99. The quantitative estimate of drug-likeness (QED) is 0.534. The third kappa shape index (κ3) is 11.6. The molecule has 0 radical (unpaired) electrons. The molecule has 0 saturated heterocycles. The van der Waals surface area contributed by atoms with Crippen LogP contribution in [0.5, 0.6) is 0 Å². The molecule has 7 heteroatoms. The van der Waals surface area contributed by atoms with E-state index in [2.05, 4.69) is 4.72 Å². The van der Waals surface area contributed by atoms with Crippen molar-refractivity contribution >= 4 is 16.0 Å². The lowest BCUT2D eigenvalue weighted by molar-refractivity contribution is -0.137. The summed E-state index contributed by atoms with van der Waals surface area (Å²) in [5.74, 6) is -0.749. The molecule has 0 rings (SSSR count). The molecule has 17 heavy (non-hydrogen) atoms. The number of methoxy groups -OCH3 is 1. The highest BCUT2D eigenvalue weighted by Gasteiger charge is 2.08. The number of aliphatic carboxylic acids is 1. The van der Waals surface area contributed by atoms with Crippen molar-refractivity contribution in [1.82, 2.24) is 4.72 Å². The van der Waals surface area contributed by atoms with E-state index in [1.165, 1.54) is 7.11 Å². The Morgan fingerprint density at radius 3 is 2.53 bits per heavy atom. The largest absolute Gasteiger partial charge is 0.481 e.